The molecule has 0 amide bonds. The number of hydrogen-bond donors (Lipinski definition) is 1. The lowest BCUT2D eigenvalue weighted by molar-refractivity contribution is -0.0512. The van der Waals surface area contributed by atoms with E-state index in [4.69, 9.17) is 9.73 Å². The van der Waals surface area contributed by atoms with Crippen LogP contribution in [0.3, 0.4) is 0 Å². The number of aliphatic hydroxyl groups excluding tert-OH is 1. The maximum atomic E-state index is 12.9. The standard InChI is InChI=1S/C20H20F2N2O3/c1-26-17-8-13-14-7-12(25)4-5-16(14)24-19(11-3-2-6-23-10-11)15(13)9-18(17)27-20(21)22/h2-3,6,8-10,12,14,16,20,25H,4-5,7H2,1H3. The zero-order valence-corrected chi connectivity index (χ0v) is 14.8. The Labute approximate surface area is 155 Å². The Balaban J connectivity index is 1.88. The van der Waals surface area contributed by atoms with Gasteiger partial charge in [0.15, 0.2) is 11.5 Å². The molecule has 1 fully saturated rings. The molecule has 1 N–H and O–H groups in total. The number of ether oxygens (including phenoxy) is 2. The van der Waals surface area contributed by atoms with Crippen LogP contribution in [0.25, 0.3) is 0 Å². The van der Waals surface area contributed by atoms with Gasteiger partial charge in [0.2, 0.25) is 0 Å². The fourth-order valence-corrected chi connectivity index (χ4v) is 4.02. The molecule has 3 unspecified atom stereocenters. The molecule has 0 saturated heterocycles. The van der Waals surface area contributed by atoms with E-state index in [9.17, 15) is 13.9 Å². The number of aliphatic hydroxyl groups is 1. The Kier molecular flexibility index (Phi) is 4.78. The number of aromatic nitrogens is 1. The first-order valence-corrected chi connectivity index (χ1v) is 8.90. The van der Waals surface area contributed by atoms with Gasteiger partial charge in [-0.05, 0) is 49.1 Å². The monoisotopic (exact) mass is 374 g/mol. The van der Waals surface area contributed by atoms with Crippen molar-refractivity contribution in [1.82, 2.24) is 4.98 Å². The summed E-state index contributed by atoms with van der Waals surface area (Å²) in [6.45, 7) is -2.96. The summed E-state index contributed by atoms with van der Waals surface area (Å²) in [5, 5.41) is 10.1. The molecule has 1 aromatic heterocycles. The van der Waals surface area contributed by atoms with Gasteiger partial charge in [0.1, 0.15) is 0 Å². The second kappa shape index (κ2) is 7.23. The number of nitrogens with zero attached hydrogens (tertiary/aromatic N) is 2. The minimum atomic E-state index is -2.96. The van der Waals surface area contributed by atoms with E-state index in [0.717, 1.165) is 23.1 Å². The molecule has 4 rings (SSSR count). The van der Waals surface area contributed by atoms with Gasteiger partial charge in [-0.3, -0.25) is 9.98 Å². The van der Waals surface area contributed by atoms with Crippen molar-refractivity contribution in [2.75, 3.05) is 7.11 Å². The van der Waals surface area contributed by atoms with Crippen LogP contribution in [0.2, 0.25) is 0 Å². The third-order valence-electron chi connectivity index (χ3n) is 5.22. The van der Waals surface area contributed by atoms with Gasteiger partial charge in [0, 0.05) is 29.4 Å². The SMILES string of the molecule is COc1cc2c(cc1OC(F)F)C(c1cccnc1)=NC1CCC(O)CC21. The molecule has 1 aliphatic carbocycles. The van der Waals surface area contributed by atoms with Crippen LogP contribution in [0, 0.1) is 0 Å². The van der Waals surface area contributed by atoms with Gasteiger partial charge >= 0.3 is 6.61 Å². The van der Waals surface area contributed by atoms with Crippen LogP contribution in [0.15, 0.2) is 41.7 Å². The maximum Gasteiger partial charge on any atom is 0.387 e. The Hall–Kier alpha value is -2.54. The van der Waals surface area contributed by atoms with E-state index in [1.165, 1.54) is 7.11 Å². The first-order chi connectivity index (χ1) is 13.1. The lowest BCUT2D eigenvalue weighted by Gasteiger charge is -2.37. The topological polar surface area (TPSA) is 63.9 Å². The van der Waals surface area contributed by atoms with Gasteiger partial charge in [-0.2, -0.15) is 8.78 Å². The van der Waals surface area contributed by atoms with Gasteiger partial charge in [0.25, 0.3) is 0 Å². The van der Waals surface area contributed by atoms with Crippen LogP contribution in [0.4, 0.5) is 8.78 Å². The summed E-state index contributed by atoms with van der Waals surface area (Å²) in [6.07, 6.45) is 5.04. The molecule has 2 aliphatic rings. The van der Waals surface area contributed by atoms with Gasteiger partial charge in [0.05, 0.1) is 25.0 Å². The van der Waals surface area contributed by atoms with Crippen molar-refractivity contribution in [3.63, 3.8) is 0 Å². The summed E-state index contributed by atoms with van der Waals surface area (Å²) >= 11 is 0. The van der Waals surface area contributed by atoms with Crippen molar-refractivity contribution < 1.29 is 23.4 Å². The minimum absolute atomic E-state index is 0.0127. The van der Waals surface area contributed by atoms with Gasteiger partial charge in [-0.1, -0.05) is 0 Å². The number of fused-ring (bicyclic) bond motifs is 3. The second-order valence-corrected chi connectivity index (χ2v) is 6.83. The van der Waals surface area contributed by atoms with Crippen molar-refractivity contribution in [2.24, 2.45) is 4.99 Å². The summed E-state index contributed by atoms with van der Waals surface area (Å²) in [5.74, 6) is 0.233. The van der Waals surface area contributed by atoms with Gasteiger partial charge in [-0.15, -0.1) is 0 Å². The smallest absolute Gasteiger partial charge is 0.387 e. The summed E-state index contributed by atoms with van der Waals surface area (Å²) in [4.78, 5) is 9.06. The number of aliphatic imine (C=N–C) groups is 1. The first kappa shape index (κ1) is 17.9. The first-order valence-electron chi connectivity index (χ1n) is 8.90. The molecule has 1 saturated carbocycles. The molecule has 27 heavy (non-hydrogen) atoms. The second-order valence-electron chi connectivity index (χ2n) is 6.83. The lowest BCUT2D eigenvalue weighted by Crippen LogP contribution is -2.34. The van der Waals surface area contributed by atoms with E-state index in [1.54, 1.807) is 24.5 Å². The molecule has 5 nitrogen and oxygen atoms in total. The average molecular weight is 374 g/mol. The van der Waals surface area contributed by atoms with Crippen molar-refractivity contribution in [3.05, 3.63) is 53.3 Å². The van der Waals surface area contributed by atoms with Gasteiger partial charge < -0.3 is 14.6 Å². The fraction of sp³-hybridized carbons (Fsp3) is 0.400. The van der Waals surface area contributed by atoms with E-state index in [-0.39, 0.29) is 23.5 Å². The van der Waals surface area contributed by atoms with Crippen LogP contribution >= 0.6 is 0 Å². The third kappa shape index (κ3) is 3.39. The number of hydrogen-bond acceptors (Lipinski definition) is 5. The molecule has 3 atom stereocenters. The molecular weight excluding hydrogens is 354 g/mol. The van der Waals surface area contributed by atoms with Crippen LogP contribution in [0.5, 0.6) is 11.5 Å². The molecule has 0 radical (unpaired) electrons. The molecule has 142 valence electrons. The number of rotatable bonds is 4. The van der Waals surface area contributed by atoms with Crippen molar-refractivity contribution >= 4 is 5.71 Å². The number of halogens is 2. The molecule has 1 aromatic carbocycles. The number of pyridine rings is 1. The highest BCUT2D eigenvalue weighted by atomic mass is 19.3. The zero-order chi connectivity index (χ0) is 19.0. The summed E-state index contributed by atoms with van der Waals surface area (Å²) < 4.78 is 35.7. The average Bonchev–Trinajstić information content (AvgIpc) is 2.67. The number of methoxy groups -OCH3 is 1. The predicted molar refractivity (Wildman–Crippen MR) is 95.9 cm³/mol. The van der Waals surface area contributed by atoms with Gasteiger partial charge in [-0.25, -0.2) is 0 Å². The highest BCUT2D eigenvalue weighted by Gasteiger charge is 2.37. The maximum absolute atomic E-state index is 12.9. The number of alkyl halides is 2. The molecule has 0 bridgehead atoms. The fourth-order valence-electron chi connectivity index (χ4n) is 4.02. The van der Waals surface area contributed by atoms with E-state index >= 15 is 0 Å². The van der Waals surface area contributed by atoms with Crippen LogP contribution in [0.1, 0.15) is 41.9 Å². The number of benzene rings is 1. The lowest BCUT2D eigenvalue weighted by atomic mass is 9.74. The normalized spacial score (nSPS) is 24.0. The van der Waals surface area contributed by atoms with E-state index in [0.29, 0.717) is 18.6 Å². The Morgan fingerprint density at radius 2 is 2.07 bits per heavy atom. The Morgan fingerprint density at radius 1 is 1.22 bits per heavy atom. The largest absolute Gasteiger partial charge is 0.493 e. The highest BCUT2D eigenvalue weighted by molar-refractivity contribution is 6.14. The Bertz CT molecular complexity index is 858. The van der Waals surface area contributed by atoms with E-state index in [1.807, 2.05) is 12.1 Å². The molecular formula is C20H20F2N2O3. The van der Waals surface area contributed by atoms with Crippen LogP contribution < -0.4 is 9.47 Å². The predicted octanol–water partition coefficient (Wildman–Crippen LogP) is 3.54. The van der Waals surface area contributed by atoms with Crippen molar-refractivity contribution in [3.8, 4) is 11.5 Å². The van der Waals surface area contributed by atoms with Crippen molar-refractivity contribution in [2.45, 2.75) is 43.9 Å². The summed E-state index contributed by atoms with van der Waals surface area (Å²) in [5.41, 5.74) is 3.18. The van der Waals surface area contributed by atoms with Crippen LogP contribution in [-0.4, -0.2) is 41.7 Å². The zero-order valence-electron chi connectivity index (χ0n) is 14.8. The van der Waals surface area contributed by atoms with E-state index in [2.05, 4.69) is 9.72 Å². The molecule has 1 aliphatic heterocycles. The molecule has 7 heteroatoms. The quantitative estimate of drug-likeness (QED) is 0.889. The van der Waals surface area contributed by atoms with E-state index < -0.39 is 12.7 Å². The highest BCUT2D eigenvalue weighted by Crippen LogP contribution is 2.45. The molecule has 2 aromatic rings. The van der Waals surface area contributed by atoms with Crippen molar-refractivity contribution in [1.29, 1.82) is 0 Å². The van der Waals surface area contributed by atoms with Crippen LogP contribution in [-0.2, 0) is 0 Å². The third-order valence-corrected chi connectivity index (χ3v) is 5.22. The Morgan fingerprint density at radius 3 is 2.78 bits per heavy atom. The molecule has 2 heterocycles. The minimum Gasteiger partial charge on any atom is -0.493 e. The summed E-state index contributed by atoms with van der Waals surface area (Å²) in [6, 6.07) is 7.04. The summed E-state index contributed by atoms with van der Waals surface area (Å²) in [7, 11) is 1.42. The molecule has 0 spiro atoms.